The maximum atomic E-state index is 12.5. The fraction of sp³-hybridized carbons (Fsp3) is 0.971. The van der Waals surface area contributed by atoms with Crippen LogP contribution in [-0.2, 0) is 9.53 Å². The van der Waals surface area contributed by atoms with Crippen LogP contribution in [0.15, 0.2) is 0 Å². The topological polar surface area (TPSA) is 26.3 Å². The standard InChI is InChI=1S/C34H68O2/c1-4-7-10-13-16-18-19-20-23-26-29-32-34(35)36-33(30-27-24-21-15-12-9-6-3)31-28-25-22-17-14-11-8-5-2/h33H,4-32H2,1-3H3. The van der Waals surface area contributed by atoms with E-state index in [1.807, 2.05) is 0 Å². The van der Waals surface area contributed by atoms with Gasteiger partial charge in [0.25, 0.3) is 0 Å². The fourth-order valence-electron chi connectivity index (χ4n) is 5.28. The molecule has 0 aliphatic heterocycles. The highest BCUT2D eigenvalue weighted by molar-refractivity contribution is 5.69. The van der Waals surface area contributed by atoms with Gasteiger partial charge in [0, 0.05) is 6.42 Å². The van der Waals surface area contributed by atoms with Crippen molar-refractivity contribution in [2.45, 2.75) is 213 Å². The number of unbranched alkanes of at least 4 members (excludes halogenated alkanes) is 23. The molecule has 0 saturated heterocycles. The Bertz CT molecular complexity index is 419. The third-order valence-corrected chi connectivity index (χ3v) is 7.79. The van der Waals surface area contributed by atoms with Crippen molar-refractivity contribution in [2.75, 3.05) is 0 Å². The zero-order chi connectivity index (χ0) is 26.4. The minimum Gasteiger partial charge on any atom is -0.462 e. The molecule has 0 amide bonds. The minimum absolute atomic E-state index is 0.0680. The van der Waals surface area contributed by atoms with Gasteiger partial charge in [-0.05, 0) is 32.1 Å². The molecule has 0 spiro atoms. The first kappa shape index (κ1) is 35.5. The molecule has 0 aliphatic carbocycles. The summed E-state index contributed by atoms with van der Waals surface area (Å²) in [6.07, 6.45) is 37.5. The van der Waals surface area contributed by atoms with Crippen LogP contribution in [0.4, 0.5) is 0 Å². The second-order valence-corrected chi connectivity index (χ2v) is 11.6. The Hall–Kier alpha value is -0.530. The molecule has 2 heteroatoms. The largest absolute Gasteiger partial charge is 0.462 e. The summed E-state index contributed by atoms with van der Waals surface area (Å²) < 4.78 is 6.01. The van der Waals surface area contributed by atoms with Crippen molar-refractivity contribution in [3.63, 3.8) is 0 Å². The molecule has 0 rings (SSSR count). The Kier molecular flexibility index (Phi) is 30.2. The lowest BCUT2D eigenvalue weighted by Gasteiger charge is -2.18. The summed E-state index contributed by atoms with van der Waals surface area (Å²) in [6, 6.07) is 0. The summed E-state index contributed by atoms with van der Waals surface area (Å²) in [5, 5.41) is 0. The molecular formula is C34H68O2. The summed E-state index contributed by atoms with van der Waals surface area (Å²) in [7, 11) is 0. The second-order valence-electron chi connectivity index (χ2n) is 11.6. The maximum Gasteiger partial charge on any atom is 0.306 e. The smallest absolute Gasteiger partial charge is 0.306 e. The average molecular weight is 509 g/mol. The lowest BCUT2D eigenvalue weighted by atomic mass is 10.0. The van der Waals surface area contributed by atoms with E-state index in [0.29, 0.717) is 6.42 Å². The van der Waals surface area contributed by atoms with Gasteiger partial charge in [-0.3, -0.25) is 4.79 Å². The lowest BCUT2D eigenvalue weighted by Crippen LogP contribution is -2.18. The van der Waals surface area contributed by atoms with Gasteiger partial charge in [0.2, 0.25) is 0 Å². The van der Waals surface area contributed by atoms with E-state index in [4.69, 9.17) is 4.74 Å². The summed E-state index contributed by atoms with van der Waals surface area (Å²) in [4.78, 5) is 12.5. The van der Waals surface area contributed by atoms with E-state index in [-0.39, 0.29) is 12.1 Å². The zero-order valence-corrected chi connectivity index (χ0v) is 25.4. The number of carbonyl (C=O) groups is 1. The molecule has 0 saturated carbocycles. The Morgan fingerprint density at radius 1 is 0.417 bits per heavy atom. The van der Waals surface area contributed by atoms with E-state index in [9.17, 15) is 4.79 Å². The van der Waals surface area contributed by atoms with Gasteiger partial charge in [0.15, 0.2) is 0 Å². The molecule has 0 heterocycles. The normalized spacial score (nSPS) is 12.2. The molecule has 216 valence electrons. The van der Waals surface area contributed by atoms with Crippen LogP contribution in [0, 0.1) is 0 Å². The van der Waals surface area contributed by atoms with Crippen molar-refractivity contribution in [1.29, 1.82) is 0 Å². The predicted molar refractivity (Wildman–Crippen MR) is 161 cm³/mol. The van der Waals surface area contributed by atoms with Crippen molar-refractivity contribution < 1.29 is 9.53 Å². The number of ether oxygens (including phenoxy) is 1. The monoisotopic (exact) mass is 509 g/mol. The van der Waals surface area contributed by atoms with Crippen LogP contribution >= 0.6 is 0 Å². The molecule has 0 N–H and O–H groups in total. The van der Waals surface area contributed by atoms with E-state index in [0.717, 1.165) is 19.3 Å². The molecule has 0 radical (unpaired) electrons. The molecule has 36 heavy (non-hydrogen) atoms. The molecule has 0 aromatic heterocycles. The van der Waals surface area contributed by atoms with Gasteiger partial charge in [0.05, 0.1) is 0 Å². The van der Waals surface area contributed by atoms with Gasteiger partial charge in [0.1, 0.15) is 6.10 Å². The van der Waals surface area contributed by atoms with Crippen molar-refractivity contribution in [3.05, 3.63) is 0 Å². The predicted octanol–water partition coefficient (Wildman–Crippen LogP) is 12.3. The van der Waals surface area contributed by atoms with E-state index >= 15 is 0 Å². The number of esters is 1. The molecule has 2 nitrogen and oxygen atoms in total. The molecule has 0 aromatic rings. The van der Waals surface area contributed by atoms with Gasteiger partial charge in [-0.1, -0.05) is 168 Å². The van der Waals surface area contributed by atoms with Gasteiger partial charge >= 0.3 is 5.97 Å². The van der Waals surface area contributed by atoms with Crippen molar-refractivity contribution >= 4 is 5.97 Å². The van der Waals surface area contributed by atoms with Crippen LogP contribution in [0.1, 0.15) is 207 Å². The van der Waals surface area contributed by atoms with E-state index < -0.39 is 0 Å². The van der Waals surface area contributed by atoms with Crippen LogP contribution in [-0.4, -0.2) is 12.1 Å². The van der Waals surface area contributed by atoms with Crippen LogP contribution in [0.2, 0.25) is 0 Å². The van der Waals surface area contributed by atoms with Crippen molar-refractivity contribution in [1.82, 2.24) is 0 Å². The first-order valence-corrected chi connectivity index (χ1v) is 16.9. The van der Waals surface area contributed by atoms with Gasteiger partial charge in [-0.25, -0.2) is 0 Å². The number of rotatable bonds is 30. The first-order valence-electron chi connectivity index (χ1n) is 16.9. The summed E-state index contributed by atoms with van der Waals surface area (Å²) >= 11 is 0. The summed E-state index contributed by atoms with van der Waals surface area (Å²) in [6.45, 7) is 6.84. The van der Waals surface area contributed by atoms with E-state index in [2.05, 4.69) is 20.8 Å². The lowest BCUT2D eigenvalue weighted by molar-refractivity contribution is -0.150. The molecule has 0 aromatic carbocycles. The summed E-state index contributed by atoms with van der Waals surface area (Å²) in [5.41, 5.74) is 0. The first-order chi connectivity index (χ1) is 17.7. The zero-order valence-electron chi connectivity index (χ0n) is 25.4. The molecule has 0 fully saturated rings. The highest BCUT2D eigenvalue weighted by atomic mass is 16.5. The maximum absolute atomic E-state index is 12.5. The van der Waals surface area contributed by atoms with Crippen LogP contribution in [0.3, 0.4) is 0 Å². The Morgan fingerprint density at radius 2 is 0.694 bits per heavy atom. The Morgan fingerprint density at radius 3 is 1.03 bits per heavy atom. The van der Waals surface area contributed by atoms with E-state index in [1.165, 1.54) is 161 Å². The molecular weight excluding hydrogens is 440 g/mol. The van der Waals surface area contributed by atoms with E-state index in [1.54, 1.807) is 0 Å². The van der Waals surface area contributed by atoms with Crippen molar-refractivity contribution in [3.8, 4) is 0 Å². The SMILES string of the molecule is CCCCCCCCCCCCCC(=O)OC(CCCCCCCCC)CCCCCCCCCC. The van der Waals surface area contributed by atoms with Gasteiger partial charge in [-0.2, -0.15) is 0 Å². The highest BCUT2D eigenvalue weighted by Crippen LogP contribution is 2.19. The van der Waals surface area contributed by atoms with Crippen LogP contribution in [0.5, 0.6) is 0 Å². The minimum atomic E-state index is 0.0680. The van der Waals surface area contributed by atoms with Gasteiger partial charge in [-0.15, -0.1) is 0 Å². The Labute approximate surface area is 228 Å². The number of hydrogen-bond acceptors (Lipinski definition) is 2. The van der Waals surface area contributed by atoms with Crippen LogP contribution in [0.25, 0.3) is 0 Å². The molecule has 0 bridgehead atoms. The quantitative estimate of drug-likeness (QED) is 0.0712. The number of carbonyl (C=O) groups excluding carboxylic acids is 1. The third-order valence-electron chi connectivity index (χ3n) is 7.79. The highest BCUT2D eigenvalue weighted by Gasteiger charge is 2.14. The van der Waals surface area contributed by atoms with Crippen LogP contribution < -0.4 is 0 Å². The summed E-state index contributed by atoms with van der Waals surface area (Å²) in [5.74, 6) is 0.0680. The second kappa shape index (κ2) is 30.7. The van der Waals surface area contributed by atoms with Gasteiger partial charge < -0.3 is 4.74 Å². The average Bonchev–Trinajstić information content (AvgIpc) is 2.88. The Balaban J connectivity index is 3.96. The number of hydrogen-bond donors (Lipinski definition) is 0. The third kappa shape index (κ3) is 28.0. The molecule has 0 aliphatic rings. The fourth-order valence-corrected chi connectivity index (χ4v) is 5.28. The molecule has 1 atom stereocenters. The molecule has 1 unspecified atom stereocenters. The van der Waals surface area contributed by atoms with Crippen molar-refractivity contribution in [2.24, 2.45) is 0 Å².